The van der Waals surface area contributed by atoms with Crippen LogP contribution in [0.2, 0.25) is 0 Å². The standard InChI is InChI=1S/C41H54O4/c1-27(2)13-12-14-28(3)33-19-20-34-37-35(22-24-41(33,34)5)40(4)23-21-32(44-38(42)29-15-8-6-9-16-29)25-31(40)26-36(37)45-39(43)30-17-10-7-11-18-30/h6-11,15-18,26-28,32-37H,12-14,19-25H2,1-5H3/t28-,32+,33-,34+,35+,36+,37+,40+,41-/m1/s1. The lowest BCUT2D eigenvalue weighted by Crippen LogP contribution is -2.55. The van der Waals surface area contributed by atoms with Gasteiger partial charge in [0.1, 0.15) is 12.2 Å². The van der Waals surface area contributed by atoms with Gasteiger partial charge in [-0.1, -0.05) is 95.9 Å². The molecule has 0 spiro atoms. The Labute approximate surface area is 271 Å². The van der Waals surface area contributed by atoms with E-state index in [9.17, 15) is 9.59 Å². The fourth-order valence-corrected chi connectivity index (χ4v) is 10.4. The maximum absolute atomic E-state index is 13.6. The van der Waals surface area contributed by atoms with Crippen LogP contribution >= 0.6 is 0 Å². The summed E-state index contributed by atoms with van der Waals surface area (Å²) in [5, 5.41) is 0. The van der Waals surface area contributed by atoms with Crippen LogP contribution in [-0.4, -0.2) is 24.1 Å². The van der Waals surface area contributed by atoms with Gasteiger partial charge in [-0.15, -0.1) is 0 Å². The van der Waals surface area contributed by atoms with E-state index in [4.69, 9.17) is 9.47 Å². The minimum absolute atomic E-state index is 0.0400. The molecule has 4 nitrogen and oxygen atoms in total. The number of ether oxygens (including phenoxy) is 2. The normalized spacial score (nSPS) is 34.6. The van der Waals surface area contributed by atoms with Crippen molar-refractivity contribution < 1.29 is 19.1 Å². The van der Waals surface area contributed by atoms with Gasteiger partial charge in [0.05, 0.1) is 11.1 Å². The molecule has 2 aromatic carbocycles. The molecular weight excluding hydrogens is 556 g/mol. The highest BCUT2D eigenvalue weighted by Crippen LogP contribution is 2.67. The fourth-order valence-electron chi connectivity index (χ4n) is 10.4. The van der Waals surface area contributed by atoms with Crippen LogP contribution in [0.25, 0.3) is 0 Å². The number of hydrogen-bond donors (Lipinski definition) is 0. The SMILES string of the molecule is CC(C)CCC[C@@H](C)[C@H]1CC[C@H]2[C@@H]3[C@@H](OC(=O)c4ccccc4)C=C4C[C@@H](OC(=O)c5ccccc5)CC[C@]4(C)[C@H]3CC[C@]12C. The van der Waals surface area contributed by atoms with Gasteiger partial charge in [0, 0.05) is 12.3 Å². The van der Waals surface area contributed by atoms with Crippen LogP contribution in [0.5, 0.6) is 0 Å². The van der Waals surface area contributed by atoms with Gasteiger partial charge >= 0.3 is 11.9 Å². The Morgan fingerprint density at radius 1 is 0.778 bits per heavy atom. The molecule has 0 unspecified atom stereocenters. The number of carbonyl (C=O) groups is 2. The van der Waals surface area contributed by atoms with E-state index in [1.54, 1.807) is 0 Å². The lowest BCUT2D eigenvalue weighted by Gasteiger charge is -2.59. The van der Waals surface area contributed by atoms with Gasteiger partial charge in [0.25, 0.3) is 0 Å². The Balaban J connectivity index is 1.28. The van der Waals surface area contributed by atoms with Crippen molar-refractivity contribution in [2.45, 2.75) is 111 Å². The highest BCUT2D eigenvalue weighted by atomic mass is 16.5. The Morgan fingerprint density at radius 2 is 1.42 bits per heavy atom. The first kappa shape index (κ1) is 32.1. The zero-order valence-electron chi connectivity index (χ0n) is 28.2. The maximum atomic E-state index is 13.6. The van der Waals surface area contributed by atoms with E-state index in [-0.39, 0.29) is 35.0 Å². The summed E-state index contributed by atoms with van der Waals surface area (Å²) in [4.78, 5) is 26.6. The predicted octanol–water partition coefficient (Wildman–Crippen LogP) is 10.1. The van der Waals surface area contributed by atoms with E-state index in [0.717, 1.165) is 37.0 Å². The van der Waals surface area contributed by atoms with Crippen molar-refractivity contribution in [2.75, 3.05) is 0 Å². The quantitative estimate of drug-likeness (QED) is 0.209. The molecule has 0 aliphatic heterocycles. The molecule has 0 bridgehead atoms. The van der Waals surface area contributed by atoms with Gasteiger partial charge < -0.3 is 9.47 Å². The van der Waals surface area contributed by atoms with E-state index < -0.39 is 0 Å². The monoisotopic (exact) mass is 610 g/mol. The Bertz CT molecular complexity index is 1360. The Kier molecular flexibility index (Phi) is 9.33. The van der Waals surface area contributed by atoms with Crippen LogP contribution in [0.4, 0.5) is 0 Å². The third-order valence-corrected chi connectivity index (χ3v) is 12.8. The number of esters is 2. The summed E-state index contributed by atoms with van der Waals surface area (Å²) < 4.78 is 12.6. The van der Waals surface area contributed by atoms with Crippen LogP contribution in [0, 0.1) is 46.3 Å². The molecule has 9 atom stereocenters. The molecule has 0 heterocycles. The summed E-state index contributed by atoms with van der Waals surface area (Å²) in [6.45, 7) is 12.2. The van der Waals surface area contributed by atoms with Crippen molar-refractivity contribution >= 4 is 11.9 Å². The lowest BCUT2D eigenvalue weighted by molar-refractivity contribution is -0.102. The van der Waals surface area contributed by atoms with Crippen LogP contribution in [0.15, 0.2) is 72.3 Å². The number of fused-ring (bicyclic) bond motifs is 5. The highest BCUT2D eigenvalue weighted by Gasteiger charge is 2.62. The first-order valence-corrected chi connectivity index (χ1v) is 17.8. The van der Waals surface area contributed by atoms with E-state index in [2.05, 4.69) is 40.7 Å². The zero-order valence-corrected chi connectivity index (χ0v) is 28.2. The summed E-state index contributed by atoms with van der Waals surface area (Å²) in [6, 6.07) is 18.8. The molecule has 0 radical (unpaired) electrons. The smallest absolute Gasteiger partial charge is 0.338 e. The molecule has 0 N–H and O–H groups in total. The van der Waals surface area contributed by atoms with Gasteiger partial charge in [-0.05, 0) is 109 Å². The third-order valence-electron chi connectivity index (χ3n) is 12.8. The Morgan fingerprint density at radius 3 is 2.07 bits per heavy atom. The molecule has 2 aromatic rings. The average Bonchev–Trinajstić information content (AvgIpc) is 3.39. The molecule has 0 saturated heterocycles. The Hall–Kier alpha value is -2.88. The molecule has 3 saturated carbocycles. The summed E-state index contributed by atoms with van der Waals surface area (Å²) in [6.07, 6.45) is 13.4. The first-order valence-electron chi connectivity index (χ1n) is 17.8. The number of rotatable bonds is 9. The average molecular weight is 611 g/mol. The van der Waals surface area contributed by atoms with Crippen LogP contribution in [0.3, 0.4) is 0 Å². The van der Waals surface area contributed by atoms with Crippen LogP contribution < -0.4 is 0 Å². The van der Waals surface area contributed by atoms with Crippen molar-refractivity contribution in [2.24, 2.45) is 46.3 Å². The second-order valence-corrected chi connectivity index (χ2v) is 15.8. The molecule has 6 rings (SSSR count). The van der Waals surface area contributed by atoms with E-state index in [0.29, 0.717) is 28.9 Å². The minimum atomic E-state index is -0.256. The van der Waals surface area contributed by atoms with E-state index in [1.165, 1.54) is 50.5 Å². The summed E-state index contributed by atoms with van der Waals surface area (Å²) >= 11 is 0. The fraction of sp³-hybridized carbons (Fsp3) is 0.610. The first-order chi connectivity index (χ1) is 21.6. The number of carbonyl (C=O) groups excluding carboxylic acids is 2. The van der Waals surface area contributed by atoms with Crippen molar-refractivity contribution in [1.82, 2.24) is 0 Å². The van der Waals surface area contributed by atoms with Crippen LogP contribution in [0.1, 0.15) is 120 Å². The number of hydrogen-bond acceptors (Lipinski definition) is 4. The molecule has 242 valence electrons. The topological polar surface area (TPSA) is 52.6 Å². The number of benzene rings is 2. The second-order valence-electron chi connectivity index (χ2n) is 15.8. The molecule has 0 amide bonds. The molecule has 3 fully saturated rings. The van der Waals surface area contributed by atoms with Gasteiger partial charge in [-0.3, -0.25) is 0 Å². The van der Waals surface area contributed by atoms with Gasteiger partial charge in [-0.2, -0.15) is 0 Å². The summed E-state index contributed by atoms with van der Waals surface area (Å²) in [5.41, 5.74) is 2.85. The largest absolute Gasteiger partial charge is 0.458 e. The van der Waals surface area contributed by atoms with Crippen molar-refractivity contribution in [3.05, 3.63) is 83.4 Å². The highest BCUT2D eigenvalue weighted by molar-refractivity contribution is 5.90. The zero-order chi connectivity index (χ0) is 31.8. The van der Waals surface area contributed by atoms with Gasteiger partial charge in [-0.25, -0.2) is 9.59 Å². The summed E-state index contributed by atoms with van der Waals surface area (Å²) in [5.74, 6) is 3.07. The second kappa shape index (κ2) is 13.1. The lowest BCUT2D eigenvalue weighted by atomic mass is 9.46. The third kappa shape index (κ3) is 6.28. The summed E-state index contributed by atoms with van der Waals surface area (Å²) in [7, 11) is 0. The molecule has 0 aromatic heterocycles. The van der Waals surface area contributed by atoms with Crippen LogP contribution in [-0.2, 0) is 9.47 Å². The maximum Gasteiger partial charge on any atom is 0.338 e. The van der Waals surface area contributed by atoms with Crippen molar-refractivity contribution in [3.8, 4) is 0 Å². The van der Waals surface area contributed by atoms with Gasteiger partial charge in [0.15, 0.2) is 0 Å². The van der Waals surface area contributed by atoms with Crippen molar-refractivity contribution in [1.29, 1.82) is 0 Å². The molecule has 4 aliphatic carbocycles. The molecular formula is C41H54O4. The van der Waals surface area contributed by atoms with Gasteiger partial charge in [0.2, 0.25) is 0 Å². The van der Waals surface area contributed by atoms with Crippen molar-refractivity contribution in [3.63, 3.8) is 0 Å². The predicted molar refractivity (Wildman–Crippen MR) is 180 cm³/mol. The molecule has 4 heteroatoms. The van der Waals surface area contributed by atoms with E-state index >= 15 is 0 Å². The molecule has 45 heavy (non-hydrogen) atoms. The minimum Gasteiger partial charge on any atom is -0.458 e. The van der Waals surface area contributed by atoms with E-state index in [1.807, 2.05) is 60.7 Å². The molecule has 4 aliphatic rings.